The Morgan fingerprint density at radius 2 is 1.90 bits per heavy atom. The van der Waals surface area contributed by atoms with Crippen LogP contribution in [0.1, 0.15) is 10.4 Å². The van der Waals surface area contributed by atoms with Gasteiger partial charge in [0.25, 0.3) is 0 Å². The average Bonchev–Trinajstić information content (AvgIpc) is 3.02. The zero-order valence-electron chi connectivity index (χ0n) is 11.2. The maximum absolute atomic E-state index is 14.1. The second-order valence-corrected chi connectivity index (χ2v) is 5.34. The van der Waals surface area contributed by atoms with Gasteiger partial charge in [-0.15, -0.1) is 0 Å². The van der Waals surface area contributed by atoms with Crippen molar-refractivity contribution < 1.29 is 18.3 Å². The lowest BCUT2D eigenvalue weighted by Gasteiger charge is -2.21. The van der Waals surface area contributed by atoms with Gasteiger partial charge in [0.2, 0.25) is 0 Å². The Labute approximate surface area is 115 Å². The molecule has 0 amide bonds. The van der Waals surface area contributed by atoms with Crippen LogP contribution in [-0.2, 0) is 4.74 Å². The van der Waals surface area contributed by atoms with E-state index in [4.69, 9.17) is 0 Å². The highest BCUT2D eigenvalue weighted by Gasteiger charge is 2.37. The largest absolute Gasteiger partial charge is 0.465 e. The van der Waals surface area contributed by atoms with Crippen LogP contribution < -0.4 is 10.2 Å². The first-order chi connectivity index (χ1) is 9.61. The normalized spacial score (nSPS) is 24.9. The van der Waals surface area contributed by atoms with E-state index in [-0.39, 0.29) is 11.3 Å². The number of halogens is 2. The molecule has 2 aliphatic heterocycles. The summed E-state index contributed by atoms with van der Waals surface area (Å²) in [7, 11) is 1.14. The lowest BCUT2D eigenvalue weighted by molar-refractivity contribution is 0.0594. The van der Waals surface area contributed by atoms with Gasteiger partial charge in [-0.3, -0.25) is 0 Å². The molecule has 0 bridgehead atoms. The first-order valence-corrected chi connectivity index (χ1v) is 6.63. The van der Waals surface area contributed by atoms with Crippen molar-refractivity contribution >= 4 is 11.7 Å². The predicted octanol–water partition coefficient (Wildman–Crippen LogP) is 1.41. The van der Waals surface area contributed by atoms with Crippen molar-refractivity contribution in [3.8, 4) is 0 Å². The number of carbonyl (C=O) groups is 1. The molecule has 0 saturated carbocycles. The first kappa shape index (κ1) is 13.3. The van der Waals surface area contributed by atoms with E-state index in [1.807, 2.05) is 4.90 Å². The fourth-order valence-corrected chi connectivity index (χ4v) is 3.10. The Morgan fingerprint density at radius 3 is 2.50 bits per heavy atom. The number of anilines is 1. The molecule has 2 heterocycles. The number of nitrogens with zero attached hydrogens (tertiary/aromatic N) is 1. The van der Waals surface area contributed by atoms with E-state index in [0.717, 1.165) is 20.2 Å². The fraction of sp³-hybridized carbons (Fsp3) is 0.500. The quantitative estimate of drug-likeness (QED) is 0.833. The molecule has 2 fully saturated rings. The highest BCUT2D eigenvalue weighted by molar-refractivity contribution is 5.90. The number of rotatable bonds is 2. The molecule has 6 heteroatoms. The number of hydrogen-bond acceptors (Lipinski definition) is 4. The van der Waals surface area contributed by atoms with E-state index in [0.29, 0.717) is 24.9 Å². The van der Waals surface area contributed by atoms with Crippen molar-refractivity contribution in [2.24, 2.45) is 11.8 Å². The number of esters is 1. The van der Waals surface area contributed by atoms with Crippen LogP contribution in [-0.4, -0.2) is 39.3 Å². The number of methoxy groups -OCH3 is 1. The maximum Gasteiger partial charge on any atom is 0.340 e. The van der Waals surface area contributed by atoms with Crippen molar-refractivity contribution in [2.45, 2.75) is 0 Å². The number of carbonyl (C=O) groups excluding carboxylic acids is 1. The molecular weight excluding hydrogens is 266 g/mol. The highest BCUT2D eigenvalue weighted by Crippen LogP contribution is 2.33. The van der Waals surface area contributed by atoms with E-state index >= 15 is 0 Å². The van der Waals surface area contributed by atoms with Crippen LogP contribution in [0.3, 0.4) is 0 Å². The molecule has 20 heavy (non-hydrogen) atoms. The minimum atomic E-state index is -1.13. The second kappa shape index (κ2) is 5.01. The summed E-state index contributed by atoms with van der Waals surface area (Å²) in [6.07, 6.45) is 0. The zero-order chi connectivity index (χ0) is 14.3. The number of benzene rings is 1. The summed E-state index contributed by atoms with van der Waals surface area (Å²) in [6, 6.07) is 2.74. The maximum atomic E-state index is 14.1. The van der Waals surface area contributed by atoms with Crippen molar-refractivity contribution in [1.29, 1.82) is 0 Å². The third kappa shape index (κ3) is 2.04. The number of fused-ring (bicyclic) bond motifs is 1. The van der Waals surface area contributed by atoms with Gasteiger partial charge < -0.3 is 15.0 Å². The third-order valence-corrected chi connectivity index (χ3v) is 4.20. The van der Waals surface area contributed by atoms with Gasteiger partial charge in [-0.2, -0.15) is 0 Å². The molecule has 0 aliphatic carbocycles. The van der Waals surface area contributed by atoms with E-state index in [2.05, 4.69) is 10.1 Å². The summed E-state index contributed by atoms with van der Waals surface area (Å²) in [4.78, 5) is 13.2. The zero-order valence-corrected chi connectivity index (χ0v) is 11.2. The number of nitrogens with one attached hydrogen (secondary N) is 1. The van der Waals surface area contributed by atoms with Gasteiger partial charge in [-0.25, -0.2) is 13.6 Å². The Hall–Kier alpha value is -1.69. The highest BCUT2D eigenvalue weighted by atomic mass is 19.2. The van der Waals surface area contributed by atoms with Gasteiger partial charge in [0.15, 0.2) is 11.6 Å². The summed E-state index contributed by atoms with van der Waals surface area (Å²) in [5.74, 6) is -2.00. The fourth-order valence-electron chi connectivity index (χ4n) is 3.10. The minimum absolute atomic E-state index is 0.226. The van der Waals surface area contributed by atoms with Crippen molar-refractivity contribution in [2.75, 3.05) is 38.2 Å². The van der Waals surface area contributed by atoms with Crippen LogP contribution in [0.4, 0.5) is 14.5 Å². The lowest BCUT2D eigenvalue weighted by Crippen LogP contribution is -2.26. The Kier molecular flexibility index (Phi) is 3.33. The van der Waals surface area contributed by atoms with Gasteiger partial charge in [-0.05, 0) is 24.0 Å². The lowest BCUT2D eigenvalue weighted by atomic mass is 10.0. The molecule has 3 rings (SSSR count). The summed E-state index contributed by atoms with van der Waals surface area (Å²) in [5.41, 5.74) is -0.139. The van der Waals surface area contributed by atoms with E-state index in [1.54, 1.807) is 0 Å². The van der Waals surface area contributed by atoms with E-state index in [1.165, 1.54) is 12.1 Å². The monoisotopic (exact) mass is 282 g/mol. The topological polar surface area (TPSA) is 41.6 Å². The Balaban J connectivity index is 1.88. The van der Waals surface area contributed by atoms with Gasteiger partial charge >= 0.3 is 5.97 Å². The molecule has 1 N–H and O–H groups in total. The molecule has 0 aromatic heterocycles. The molecule has 2 saturated heterocycles. The molecule has 108 valence electrons. The third-order valence-electron chi connectivity index (χ3n) is 4.20. The van der Waals surface area contributed by atoms with E-state index in [9.17, 15) is 13.6 Å². The van der Waals surface area contributed by atoms with Gasteiger partial charge in [0.1, 0.15) is 0 Å². The van der Waals surface area contributed by atoms with Crippen LogP contribution in [0.5, 0.6) is 0 Å². The summed E-state index contributed by atoms with van der Waals surface area (Å²) in [6.45, 7) is 3.27. The Morgan fingerprint density at radius 1 is 1.25 bits per heavy atom. The summed E-state index contributed by atoms with van der Waals surface area (Å²) in [5, 5.41) is 3.30. The predicted molar refractivity (Wildman–Crippen MR) is 69.8 cm³/mol. The van der Waals surface area contributed by atoms with Crippen LogP contribution in [0, 0.1) is 23.5 Å². The summed E-state index contributed by atoms with van der Waals surface area (Å²) >= 11 is 0. The van der Waals surface area contributed by atoms with Gasteiger partial charge in [0, 0.05) is 26.2 Å². The Bertz CT molecular complexity index is 538. The van der Waals surface area contributed by atoms with Crippen LogP contribution in [0.15, 0.2) is 12.1 Å². The smallest absolute Gasteiger partial charge is 0.340 e. The first-order valence-electron chi connectivity index (χ1n) is 6.63. The molecule has 1 aromatic carbocycles. The van der Waals surface area contributed by atoms with Crippen molar-refractivity contribution in [1.82, 2.24) is 5.32 Å². The summed E-state index contributed by atoms with van der Waals surface area (Å²) < 4.78 is 32.5. The van der Waals surface area contributed by atoms with Gasteiger partial charge in [-0.1, -0.05) is 0 Å². The minimum Gasteiger partial charge on any atom is -0.465 e. The second-order valence-electron chi connectivity index (χ2n) is 5.34. The molecular formula is C14H16F2N2O2. The van der Waals surface area contributed by atoms with Crippen molar-refractivity contribution in [3.63, 3.8) is 0 Å². The molecule has 2 aliphatic rings. The average molecular weight is 282 g/mol. The van der Waals surface area contributed by atoms with Crippen LogP contribution in [0.25, 0.3) is 0 Å². The van der Waals surface area contributed by atoms with Gasteiger partial charge in [0.05, 0.1) is 18.4 Å². The standard InChI is InChI=1S/C14H16F2N2O2/c1-20-14(19)10-2-3-11(13(16)12(10)15)18-6-8-4-17-5-9(8)7-18/h2-3,8-9,17H,4-7H2,1H3/t8-,9+. The van der Waals surface area contributed by atoms with E-state index < -0.39 is 17.6 Å². The van der Waals surface area contributed by atoms with Crippen LogP contribution in [0.2, 0.25) is 0 Å². The number of hydrogen-bond donors (Lipinski definition) is 1. The molecule has 2 atom stereocenters. The number of ether oxygens (including phenoxy) is 1. The van der Waals surface area contributed by atoms with Crippen LogP contribution >= 0.6 is 0 Å². The molecule has 0 unspecified atom stereocenters. The SMILES string of the molecule is COC(=O)c1ccc(N2C[C@H]3CNC[C@H]3C2)c(F)c1F. The van der Waals surface area contributed by atoms with Crippen molar-refractivity contribution in [3.05, 3.63) is 29.3 Å². The molecule has 4 nitrogen and oxygen atoms in total. The molecule has 0 spiro atoms. The molecule has 0 radical (unpaired) electrons. The molecule has 1 aromatic rings.